The maximum absolute atomic E-state index is 12.9. The molecule has 150 valence electrons. The summed E-state index contributed by atoms with van der Waals surface area (Å²) in [5.74, 6) is 0. The van der Waals surface area contributed by atoms with Crippen LogP contribution >= 0.6 is 11.8 Å². The minimum Gasteiger partial charge on any atom is -0.444 e. The molecule has 0 bridgehead atoms. The average molecular weight is 403 g/mol. The van der Waals surface area contributed by atoms with Crippen molar-refractivity contribution in [1.82, 2.24) is 10.3 Å². The second-order valence-corrected chi connectivity index (χ2v) is 8.31. The lowest BCUT2D eigenvalue weighted by molar-refractivity contribution is -0.116. The third-order valence-electron chi connectivity index (χ3n) is 3.62. The van der Waals surface area contributed by atoms with Gasteiger partial charge in [-0.1, -0.05) is 30.3 Å². The van der Waals surface area contributed by atoms with Crippen molar-refractivity contribution in [3.63, 3.8) is 0 Å². The summed E-state index contributed by atoms with van der Waals surface area (Å²) < 4.78 is 11.2. The Balaban J connectivity index is 2.07. The number of aromatic nitrogens is 1. The molecule has 0 saturated carbocycles. The molecule has 0 fully saturated rings. The predicted octanol–water partition coefficient (Wildman–Crippen LogP) is 4.20. The van der Waals surface area contributed by atoms with Crippen molar-refractivity contribution in [1.29, 1.82) is 0 Å². The van der Waals surface area contributed by atoms with Crippen LogP contribution in [0.15, 0.2) is 59.8 Å². The van der Waals surface area contributed by atoms with Crippen LogP contribution < -0.4 is 5.32 Å². The van der Waals surface area contributed by atoms with E-state index in [0.29, 0.717) is 6.61 Å². The van der Waals surface area contributed by atoms with Gasteiger partial charge in [0.2, 0.25) is 5.12 Å². The monoisotopic (exact) mass is 402 g/mol. The zero-order chi connectivity index (χ0) is 20.6. The maximum Gasteiger partial charge on any atom is 0.408 e. The number of amides is 1. The van der Waals surface area contributed by atoms with E-state index < -0.39 is 23.8 Å². The number of hydrogen-bond acceptors (Lipinski definition) is 6. The van der Waals surface area contributed by atoms with Gasteiger partial charge >= 0.3 is 6.09 Å². The molecule has 7 heteroatoms. The van der Waals surface area contributed by atoms with Gasteiger partial charge in [0.25, 0.3) is 0 Å². The van der Waals surface area contributed by atoms with Crippen LogP contribution in [0, 0.1) is 0 Å². The number of nitrogens with zero attached hydrogens (tertiary/aromatic N) is 1. The zero-order valence-electron chi connectivity index (χ0n) is 16.5. The molecule has 2 unspecified atom stereocenters. The van der Waals surface area contributed by atoms with E-state index in [1.807, 2.05) is 30.3 Å². The van der Waals surface area contributed by atoms with Gasteiger partial charge in [-0.15, -0.1) is 0 Å². The fourth-order valence-electron chi connectivity index (χ4n) is 2.29. The number of ether oxygens (including phenoxy) is 2. The standard InChI is InChI=1S/C21H26N2O4S/c1-15(26-14-16-8-6-5-7-9-16)18(23-20(25)27-21(2,3)4)19(24)28-17-10-12-22-13-11-17/h5-13,15,18H,14H2,1-4H3,(H,23,25). The molecule has 0 radical (unpaired) electrons. The van der Waals surface area contributed by atoms with Crippen molar-refractivity contribution in [2.45, 2.75) is 56.9 Å². The van der Waals surface area contributed by atoms with Gasteiger partial charge in [-0.25, -0.2) is 4.79 Å². The number of benzene rings is 1. The first-order valence-electron chi connectivity index (χ1n) is 9.01. The lowest BCUT2D eigenvalue weighted by Gasteiger charge is -2.26. The van der Waals surface area contributed by atoms with Gasteiger partial charge in [0.1, 0.15) is 11.6 Å². The number of hydrogen-bond donors (Lipinski definition) is 1. The average Bonchev–Trinajstić information content (AvgIpc) is 2.64. The normalized spacial score (nSPS) is 13.4. The van der Waals surface area contributed by atoms with Gasteiger partial charge in [-0.3, -0.25) is 9.78 Å². The van der Waals surface area contributed by atoms with Crippen LogP contribution in [0.1, 0.15) is 33.3 Å². The van der Waals surface area contributed by atoms with E-state index in [1.54, 1.807) is 52.2 Å². The van der Waals surface area contributed by atoms with Crippen LogP contribution in [-0.2, 0) is 20.9 Å². The van der Waals surface area contributed by atoms with Crippen LogP contribution in [0.4, 0.5) is 4.79 Å². The largest absolute Gasteiger partial charge is 0.444 e. The molecule has 2 aromatic rings. The van der Waals surface area contributed by atoms with Crippen molar-refractivity contribution in [3.05, 3.63) is 60.4 Å². The molecule has 1 aromatic carbocycles. The molecule has 1 aromatic heterocycles. The molecule has 2 atom stereocenters. The first-order valence-corrected chi connectivity index (χ1v) is 9.83. The molecule has 0 saturated heterocycles. The number of carbonyl (C=O) groups is 2. The van der Waals surface area contributed by atoms with Gasteiger partial charge in [0.15, 0.2) is 0 Å². The summed E-state index contributed by atoms with van der Waals surface area (Å²) in [6.45, 7) is 7.40. The van der Waals surface area contributed by atoms with E-state index in [2.05, 4.69) is 10.3 Å². The Morgan fingerprint density at radius 2 is 1.75 bits per heavy atom. The molecular weight excluding hydrogens is 376 g/mol. The van der Waals surface area contributed by atoms with Crippen LogP contribution in [0.2, 0.25) is 0 Å². The van der Waals surface area contributed by atoms with Crippen LogP contribution in [0.3, 0.4) is 0 Å². The highest BCUT2D eigenvalue weighted by Gasteiger charge is 2.30. The van der Waals surface area contributed by atoms with Crippen molar-refractivity contribution in [2.75, 3.05) is 0 Å². The highest BCUT2D eigenvalue weighted by atomic mass is 32.2. The fourth-order valence-corrected chi connectivity index (χ4v) is 3.15. The Labute approximate surface area is 170 Å². The number of nitrogens with one attached hydrogen (secondary N) is 1. The maximum atomic E-state index is 12.9. The Bertz CT molecular complexity index is 763. The molecular formula is C21H26N2O4S. The smallest absolute Gasteiger partial charge is 0.408 e. The molecule has 1 amide bonds. The third kappa shape index (κ3) is 7.70. The number of carbonyl (C=O) groups excluding carboxylic acids is 2. The van der Waals surface area contributed by atoms with Gasteiger partial charge < -0.3 is 14.8 Å². The van der Waals surface area contributed by atoms with E-state index in [4.69, 9.17) is 9.47 Å². The van der Waals surface area contributed by atoms with E-state index in [0.717, 1.165) is 22.2 Å². The summed E-state index contributed by atoms with van der Waals surface area (Å²) in [6, 6.07) is 12.3. The third-order valence-corrected chi connectivity index (χ3v) is 4.58. The highest BCUT2D eigenvalue weighted by molar-refractivity contribution is 8.13. The summed E-state index contributed by atoms with van der Waals surface area (Å²) >= 11 is 1.03. The van der Waals surface area contributed by atoms with Gasteiger partial charge in [-0.2, -0.15) is 0 Å². The van der Waals surface area contributed by atoms with Gasteiger partial charge in [0, 0.05) is 17.3 Å². The number of alkyl carbamates (subject to hydrolysis) is 1. The SMILES string of the molecule is CC(OCc1ccccc1)C(NC(=O)OC(C)(C)C)C(=O)Sc1ccncc1. The topological polar surface area (TPSA) is 77.5 Å². The summed E-state index contributed by atoms with van der Waals surface area (Å²) in [5, 5.41) is 2.42. The molecule has 28 heavy (non-hydrogen) atoms. The van der Waals surface area contributed by atoms with Crippen LogP contribution in [-0.4, -0.2) is 33.9 Å². The highest BCUT2D eigenvalue weighted by Crippen LogP contribution is 2.22. The number of rotatable bonds is 7. The molecule has 0 aliphatic rings. The number of pyridine rings is 1. The van der Waals surface area contributed by atoms with E-state index in [9.17, 15) is 9.59 Å². The number of thioether (sulfide) groups is 1. The van der Waals surface area contributed by atoms with E-state index in [-0.39, 0.29) is 5.12 Å². The first-order chi connectivity index (χ1) is 13.2. The minimum absolute atomic E-state index is 0.238. The molecule has 0 aliphatic heterocycles. The summed E-state index contributed by atoms with van der Waals surface area (Å²) in [7, 11) is 0. The minimum atomic E-state index is -0.864. The van der Waals surface area contributed by atoms with Crippen molar-refractivity contribution in [3.8, 4) is 0 Å². The van der Waals surface area contributed by atoms with Crippen molar-refractivity contribution >= 4 is 23.0 Å². The van der Waals surface area contributed by atoms with Gasteiger partial charge in [-0.05, 0) is 57.2 Å². The van der Waals surface area contributed by atoms with E-state index >= 15 is 0 Å². The molecule has 0 spiro atoms. The molecule has 1 N–H and O–H groups in total. The summed E-state index contributed by atoms with van der Waals surface area (Å²) in [4.78, 5) is 29.8. The summed E-state index contributed by atoms with van der Waals surface area (Å²) in [5.41, 5.74) is 0.323. The molecule has 2 rings (SSSR count). The molecule has 1 heterocycles. The Morgan fingerprint density at radius 1 is 1.11 bits per heavy atom. The molecule has 0 aliphatic carbocycles. The first kappa shape index (κ1) is 21.9. The zero-order valence-corrected chi connectivity index (χ0v) is 17.4. The lowest BCUT2D eigenvalue weighted by atomic mass is 10.2. The van der Waals surface area contributed by atoms with Crippen LogP contribution in [0.25, 0.3) is 0 Å². The second-order valence-electron chi connectivity index (χ2n) is 7.23. The Hall–Kier alpha value is -2.38. The Morgan fingerprint density at radius 3 is 2.36 bits per heavy atom. The quantitative estimate of drug-likeness (QED) is 0.700. The van der Waals surface area contributed by atoms with Gasteiger partial charge in [0.05, 0.1) is 12.7 Å². The fraction of sp³-hybridized carbons (Fsp3) is 0.381. The summed E-state index contributed by atoms with van der Waals surface area (Å²) in [6.07, 6.45) is 2.02. The van der Waals surface area contributed by atoms with Crippen LogP contribution in [0.5, 0.6) is 0 Å². The predicted molar refractivity (Wildman–Crippen MR) is 109 cm³/mol. The molecule has 6 nitrogen and oxygen atoms in total. The van der Waals surface area contributed by atoms with E-state index in [1.165, 1.54) is 0 Å². The van der Waals surface area contributed by atoms with Crippen molar-refractivity contribution < 1.29 is 19.1 Å². The lowest BCUT2D eigenvalue weighted by Crippen LogP contribution is -2.49. The second kappa shape index (κ2) is 10.2. The van der Waals surface area contributed by atoms with Crippen molar-refractivity contribution in [2.24, 2.45) is 0 Å². The Kier molecular flexibility index (Phi) is 8.02.